The van der Waals surface area contributed by atoms with Gasteiger partial charge in [0.25, 0.3) is 0 Å². The smallest absolute Gasteiger partial charge is 0.211 e. The van der Waals surface area contributed by atoms with Crippen molar-refractivity contribution >= 4 is 16.6 Å². The number of pyridine rings is 1. The number of benzene rings is 1. The SMILES string of the molecule is CN(C)/C=C/C(=O)c1nn(-c2ccc3cnccc3c2)ccc1=O. The average Bonchev–Trinajstić information content (AvgIpc) is 2.59. The minimum atomic E-state index is -0.423. The molecule has 0 amide bonds. The minimum Gasteiger partial charge on any atom is -0.383 e. The van der Waals surface area contributed by atoms with Crippen LogP contribution in [0.2, 0.25) is 0 Å². The van der Waals surface area contributed by atoms with E-state index in [1.165, 1.54) is 16.8 Å². The summed E-state index contributed by atoms with van der Waals surface area (Å²) in [5.74, 6) is -0.423. The Kier molecular flexibility index (Phi) is 4.20. The number of rotatable bonds is 4. The molecule has 3 rings (SSSR count). The third-order valence-corrected chi connectivity index (χ3v) is 3.45. The van der Waals surface area contributed by atoms with E-state index in [-0.39, 0.29) is 5.69 Å². The molecule has 0 atom stereocenters. The number of allylic oxidation sites excluding steroid dienone is 1. The van der Waals surface area contributed by atoms with E-state index in [0.717, 1.165) is 16.5 Å². The summed E-state index contributed by atoms with van der Waals surface area (Å²) in [6.07, 6.45) is 7.96. The van der Waals surface area contributed by atoms with Gasteiger partial charge in [0.2, 0.25) is 11.2 Å². The van der Waals surface area contributed by atoms with E-state index in [0.29, 0.717) is 0 Å². The Hall–Kier alpha value is -3.28. The summed E-state index contributed by atoms with van der Waals surface area (Å²) < 4.78 is 1.53. The first-order chi connectivity index (χ1) is 11.5. The Morgan fingerprint density at radius 1 is 1.17 bits per heavy atom. The van der Waals surface area contributed by atoms with Crippen LogP contribution in [-0.2, 0) is 0 Å². The highest BCUT2D eigenvalue weighted by atomic mass is 16.1. The summed E-state index contributed by atoms with van der Waals surface area (Å²) >= 11 is 0. The standard InChI is InChI=1S/C18H16N4O2/c1-21(2)9-6-16(23)18-17(24)7-10-22(20-18)15-4-3-14-12-19-8-5-13(14)11-15/h3-12H,1-2H3/b9-6+. The minimum absolute atomic E-state index is 0.106. The normalized spacial score (nSPS) is 11.1. The van der Waals surface area contributed by atoms with E-state index in [2.05, 4.69) is 10.1 Å². The predicted molar refractivity (Wildman–Crippen MR) is 92.3 cm³/mol. The molecule has 0 radical (unpaired) electrons. The predicted octanol–water partition coefficient (Wildman–Crippen LogP) is 2.04. The molecule has 2 aromatic heterocycles. The van der Waals surface area contributed by atoms with Gasteiger partial charge in [-0.05, 0) is 23.6 Å². The van der Waals surface area contributed by atoms with Gasteiger partial charge in [0, 0.05) is 56.4 Å². The molecule has 120 valence electrons. The highest BCUT2D eigenvalue weighted by Crippen LogP contribution is 2.16. The second-order valence-electron chi connectivity index (χ2n) is 5.52. The maximum atomic E-state index is 12.2. The molecule has 2 heterocycles. The first kappa shape index (κ1) is 15.6. The molecule has 0 saturated carbocycles. The maximum Gasteiger partial charge on any atom is 0.211 e. The van der Waals surface area contributed by atoms with Crippen LogP contribution in [0.5, 0.6) is 0 Å². The molecule has 0 aliphatic carbocycles. The molecule has 0 bridgehead atoms. The lowest BCUT2D eigenvalue weighted by Crippen LogP contribution is -2.20. The lowest BCUT2D eigenvalue weighted by atomic mass is 10.1. The Labute approximate surface area is 138 Å². The second-order valence-corrected chi connectivity index (χ2v) is 5.52. The molecule has 3 aromatic rings. The van der Waals surface area contributed by atoms with Gasteiger partial charge < -0.3 is 4.90 Å². The number of ketones is 1. The Morgan fingerprint density at radius 3 is 2.79 bits per heavy atom. The molecule has 0 spiro atoms. The van der Waals surface area contributed by atoms with E-state index in [1.807, 2.05) is 24.3 Å². The van der Waals surface area contributed by atoms with Crippen molar-refractivity contribution in [3.05, 3.63) is 77.1 Å². The third kappa shape index (κ3) is 3.22. The van der Waals surface area contributed by atoms with Crippen molar-refractivity contribution in [2.24, 2.45) is 0 Å². The topological polar surface area (TPSA) is 68.1 Å². The molecule has 0 saturated heterocycles. The molecule has 1 aromatic carbocycles. The number of carbonyl (C=O) groups excluding carboxylic acids is 1. The van der Waals surface area contributed by atoms with Crippen molar-refractivity contribution in [2.75, 3.05) is 14.1 Å². The number of hydrogen-bond donors (Lipinski definition) is 0. The van der Waals surface area contributed by atoms with Gasteiger partial charge in [0.1, 0.15) is 0 Å². The van der Waals surface area contributed by atoms with Crippen LogP contribution in [0.25, 0.3) is 16.5 Å². The molecular weight excluding hydrogens is 304 g/mol. The van der Waals surface area contributed by atoms with Gasteiger partial charge in [-0.3, -0.25) is 14.6 Å². The number of hydrogen-bond acceptors (Lipinski definition) is 5. The van der Waals surface area contributed by atoms with Crippen molar-refractivity contribution in [1.29, 1.82) is 0 Å². The molecule has 0 unspecified atom stereocenters. The van der Waals surface area contributed by atoms with Crippen LogP contribution in [0.1, 0.15) is 10.5 Å². The molecule has 6 heteroatoms. The molecule has 0 N–H and O–H groups in total. The van der Waals surface area contributed by atoms with Gasteiger partial charge in [0.05, 0.1) is 5.69 Å². The van der Waals surface area contributed by atoms with Crippen molar-refractivity contribution in [1.82, 2.24) is 19.7 Å². The molecule has 6 nitrogen and oxygen atoms in total. The third-order valence-electron chi connectivity index (χ3n) is 3.45. The fourth-order valence-corrected chi connectivity index (χ4v) is 2.23. The van der Waals surface area contributed by atoms with Gasteiger partial charge in [-0.1, -0.05) is 6.07 Å². The summed E-state index contributed by atoms with van der Waals surface area (Å²) in [6.45, 7) is 0. The summed E-state index contributed by atoms with van der Waals surface area (Å²) in [5.41, 5.74) is 0.259. The van der Waals surface area contributed by atoms with E-state index < -0.39 is 11.2 Å². The van der Waals surface area contributed by atoms with Gasteiger partial charge in [0.15, 0.2) is 5.69 Å². The van der Waals surface area contributed by atoms with Crippen molar-refractivity contribution < 1.29 is 4.79 Å². The largest absolute Gasteiger partial charge is 0.383 e. The second kappa shape index (κ2) is 6.45. The highest BCUT2D eigenvalue weighted by Gasteiger charge is 2.11. The first-order valence-electron chi connectivity index (χ1n) is 7.38. The molecule has 0 aliphatic heterocycles. The zero-order valence-electron chi connectivity index (χ0n) is 13.4. The summed E-state index contributed by atoms with van der Waals surface area (Å²) in [7, 11) is 3.59. The van der Waals surface area contributed by atoms with Crippen LogP contribution in [0.4, 0.5) is 0 Å². The number of carbonyl (C=O) groups is 1. The van der Waals surface area contributed by atoms with Gasteiger partial charge in [-0.2, -0.15) is 5.10 Å². The molecule has 0 aliphatic rings. The van der Waals surface area contributed by atoms with Crippen LogP contribution in [0, 0.1) is 0 Å². The Balaban J connectivity index is 2.03. The molecular formula is C18H16N4O2. The van der Waals surface area contributed by atoms with E-state index in [9.17, 15) is 9.59 Å². The zero-order chi connectivity index (χ0) is 17.1. The molecule has 0 fully saturated rings. The van der Waals surface area contributed by atoms with E-state index >= 15 is 0 Å². The quantitative estimate of drug-likeness (QED) is 0.543. The van der Waals surface area contributed by atoms with Crippen LogP contribution >= 0.6 is 0 Å². The monoisotopic (exact) mass is 320 g/mol. The van der Waals surface area contributed by atoms with Crippen LogP contribution in [-0.4, -0.2) is 39.5 Å². The number of nitrogens with zero attached hydrogens (tertiary/aromatic N) is 4. The molecule has 24 heavy (non-hydrogen) atoms. The number of aromatic nitrogens is 3. The average molecular weight is 320 g/mol. The lowest BCUT2D eigenvalue weighted by Gasteiger charge is -2.08. The van der Waals surface area contributed by atoms with Crippen molar-refractivity contribution in [3.8, 4) is 5.69 Å². The van der Waals surface area contributed by atoms with E-state index in [1.54, 1.807) is 43.8 Å². The van der Waals surface area contributed by atoms with Crippen molar-refractivity contribution in [2.45, 2.75) is 0 Å². The van der Waals surface area contributed by atoms with Crippen LogP contribution < -0.4 is 5.43 Å². The summed E-state index contributed by atoms with van der Waals surface area (Å²) in [6, 6.07) is 8.96. The van der Waals surface area contributed by atoms with E-state index in [4.69, 9.17) is 0 Å². The fraction of sp³-hybridized carbons (Fsp3) is 0.111. The highest BCUT2D eigenvalue weighted by molar-refractivity contribution is 6.02. The zero-order valence-corrected chi connectivity index (χ0v) is 13.4. The Morgan fingerprint density at radius 2 is 2.00 bits per heavy atom. The van der Waals surface area contributed by atoms with Crippen molar-refractivity contribution in [3.63, 3.8) is 0 Å². The fourth-order valence-electron chi connectivity index (χ4n) is 2.23. The van der Waals surface area contributed by atoms with Gasteiger partial charge in [-0.15, -0.1) is 0 Å². The number of fused-ring (bicyclic) bond motifs is 1. The Bertz CT molecular complexity index is 989. The first-order valence-corrected chi connectivity index (χ1v) is 7.38. The van der Waals surface area contributed by atoms with Crippen LogP contribution in [0.15, 0.2) is 66.0 Å². The summed E-state index contributed by atoms with van der Waals surface area (Å²) in [5, 5.41) is 6.21. The lowest BCUT2D eigenvalue weighted by molar-refractivity contribution is 0.103. The van der Waals surface area contributed by atoms with Crippen LogP contribution in [0.3, 0.4) is 0 Å². The summed E-state index contributed by atoms with van der Waals surface area (Å²) in [4.78, 5) is 29.9. The maximum absolute atomic E-state index is 12.2. The van der Waals surface area contributed by atoms with Gasteiger partial charge in [-0.25, -0.2) is 4.68 Å². The van der Waals surface area contributed by atoms with Gasteiger partial charge >= 0.3 is 0 Å².